The summed E-state index contributed by atoms with van der Waals surface area (Å²) in [5.41, 5.74) is 0. The Hall–Kier alpha value is -1.55. The van der Waals surface area contributed by atoms with Crippen LogP contribution in [0.4, 0.5) is 0 Å². The number of rotatable bonds is 4. The molecule has 16 heavy (non-hydrogen) atoms. The number of hydrogen-bond acceptors (Lipinski definition) is 3. The highest BCUT2D eigenvalue weighted by molar-refractivity contribution is 5.81. The molecule has 1 unspecified atom stereocenters. The van der Waals surface area contributed by atoms with Gasteiger partial charge in [0.1, 0.15) is 5.75 Å². The molecule has 1 N–H and O–H groups in total. The highest BCUT2D eigenvalue weighted by Crippen LogP contribution is 2.11. The third kappa shape index (κ3) is 2.73. The number of carbonyl (C=O) groups is 1. The first-order valence-corrected chi connectivity index (χ1v) is 5.35. The summed E-state index contributed by atoms with van der Waals surface area (Å²) in [7, 11) is 0. The average molecular weight is 221 g/mol. The fourth-order valence-corrected chi connectivity index (χ4v) is 1.39. The van der Waals surface area contributed by atoms with Gasteiger partial charge < -0.3 is 14.8 Å². The van der Waals surface area contributed by atoms with E-state index in [1.165, 1.54) is 0 Å². The van der Waals surface area contributed by atoms with E-state index in [1.54, 1.807) is 6.92 Å². The number of nitrogens with one attached hydrogen (secondary N) is 1. The lowest BCUT2D eigenvalue weighted by atomic mass is 10.2. The molecule has 0 radical (unpaired) electrons. The first-order valence-electron chi connectivity index (χ1n) is 5.35. The Bertz CT molecular complexity index is 349. The standard InChI is InChI=1S/C12H15NO3/c1-9(12(14)13-10-7-15-8-10)16-11-5-3-2-4-6-11/h2-6,9-10H,7-8H2,1H3,(H,13,14). The van der Waals surface area contributed by atoms with Crippen molar-refractivity contribution in [1.82, 2.24) is 5.32 Å². The van der Waals surface area contributed by atoms with Gasteiger partial charge in [-0.15, -0.1) is 0 Å². The minimum Gasteiger partial charge on any atom is -0.481 e. The number of benzene rings is 1. The molecule has 1 aromatic carbocycles. The number of hydrogen-bond donors (Lipinski definition) is 1. The summed E-state index contributed by atoms with van der Waals surface area (Å²) < 4.78 is 10.5. The first-order chi connectivity index (χ1) is 7.75. The molecule has 0 spiro atoms. The van der Waals surface area contributed by atoms with Crippen molar-refractivity contribution >= 4 is 5.91 Å². The molecule has 1 heterocycles. The molecule has 2 rings (SSSR count). The van der Waals surface area contributed by atoms with Crippen molar-refractivity contribution in [2.75, 3.05) is 13.2 Å². The summed E-state index contributed by atoms with van der Waals surface area (Å²) in [5.74, 6) is 0.604. The molecule has 86 valence electrons. The number of amides is 1. The van der Waals surface area contributed by atoms with Gasteiger partial charge in [-0.3, -0.25) is 4.79 Å². The predicted octanol–water partition coefficient (Wildman–Crippen LogP) is 0.969. The molecular weight excluding hydrogens is 206 g/mol. The van der Waals surface area contributed by atoms with Crippen LogP contribution in [0.5, 0.6) is 5.75 Å². The van der Waals surface area contributed by atoms with Gasteiger partial charge in [0.25, 0.3) is 5.91 Å². The van der Waals surface area contributed by atoms with Crippen molar-refractivity contribution in [3.8, 4) is 5.75 Å². The van der Waals surface area contributed by atoms with Gasteiger partial charge in [0.05, 0.1) is 19.3 Å². The zero-order valence-corrected chi connectivity index (χ0v) is 9.18. The summed E-state index contributed by atoms with van der Waals surface area (Å²) in [6, 6.07) is 9.46. The van der Waals surface area contributed by atoms with E-state index in [2.05, 4.69) is 5.32 Å². The number of para-hydroxylation sites is 1. The van der Waals surface area contributed by atoms with Crippen molar-refractivity contribution in [1.29, 1.82) is 0 Å². The molecule has 0 aromatic heterocycles. The Kier molecular flexibility index (Phi) is 3.41. The van der Waals surface area contributed by atoms with Gasteiger partial charge in [-0.25, -0.2) is 0 Å². The molecule has 1 aliphatic heterocycles. The minimum absolute atomic E-state index is 0.0999. The Balaban J connectivity index is 1.82. The van der Waals surface area contributed by atoms with Gasteiger partial charge in [0.2, 0.25) is 0 Å². The van der Waals surface area contributed by atoms with Crippen molar-refractivity contribution in [3.63, 3.8) is 0 Å². The summed E-state index contributed by atoms with van der Waals surface area (Å²) in [6.07, 6.45) is -0.483. The van der Waals surface area contributed by atoms with Crippen LogP contribution in [-0.4, -0.2) is 31.3 Å². The van der Waals surface area contributed by atoms with Crippen LogP contribution in [0.2, 0.25) is 0 Å². The summed E-state index contributed by atoms with van der Waals surface area (Å²) in [6.45, 7) is 2.94. The second kappa shape index (κ2) is 4.99. The van der Waals surface area contributed by atoms with E-state index < -0.39 is 6.10 Å². The zero-order chi connectivity index (χ0) is 11.4. The predicted molar refractivity (Wildman–Crippen MR) is 59.3 cm³/mol. The molecule has 0 bridgehead atoms. The maximum atomic E-state index is 11.7. The van der Waals surface area contributed by atoms with Crippen LogP contribution >= 0.6 is 0 Å². The van der Waals surface area contributed by atoms with Gasteiger partial charge in [-0.2, -0.15) is 0 Å². The van der Waals surface area contributed by atoms with Crippen molar-refractivity contribution in [3.05, 3.63) is 30.3 Å². The zero-order valence-electron chi connectivity index (χ0n) is 9.18. The van der Waals surface area contributed by atoms with Crippen LogP contribution in [0.1, 0.15) is 6.92 Å². The van der Waals surface area contributed by atoms with Crippen molar-refractivity contribution < 1.29 is 14.3 Å². The highest BCUT2D eigenvalue weighted by atomic mass is 16.5. The molecule has 1 atom stereocenters. The molecule has 1 saturated heterocycles. The van der Waals surface area contributed by atoms with Crippen LogP contribution < -0.4 is 10.1 Å². The molecule has 4 heteroatoms. The highest BCUT2D eigenvalue weighted by Gasteiger charge is 2.23. The topological polar surface area (TPSA) is 47.6 Å². The Morgan fingerprint density at radius 3 is 2.69 bits per heavy atom. The molecule has 1 amide bonds. The number of carbonyl (C=O) groups excluding carboxylic acids is 1. The second-order valence-electron chi connectivity index (χ2n) is 3.82. The minimum atomic E-state index is -0.483. The van der Waals surface area contributed by atoms with Gasteiger partial charge >= 0.3 is 0 Å². The van der Waals surface area contributed by atoms with Crippen molar-refractivity contribution in [2.24, 2.45) is 0 Å². The van der Waals surface area contributed by atoms with Crippen LogP contribution in [0.25, 0.3) is 0 Å². The largest absolute Gasteiger partial charge is 0.481 e. The van der Waals surface area contributed by atoms with Gasteiger partial charge in [0, 0.05) is 0 Å². The third-order valence-corrected chi connectivity index (χ3v) is 2.41. The Morgan fingerprint density at radius 2 is 2.12 bits per heavy atom. The maximum absolute atomic E-state index is 11.7. The van der Waals surface area contributed by atoms with Gasteiger partial charge in [-0.1, -0.05) is 18.2 Å². The fraction of sp³-hybridized carbons (Fsp3) is 0.417. The van der Waals surface area contributed by atoms with Crippen LogP contribution in [-0.2, 0) is 9.53 Å². The molecule has 0 saturated carbocycles. The van der Waals surface area contributed by atoms with Crippen LogP contribution in [0, 0.1) is 0 Å². The monoisotopic (exact) mass is 221 g/mol. The molecule has 0 aliphatic carbocycles. The lowest BCUT2D eigenvalue weighted by Gasteiger charge is -2.28. The van der Waals surface area contributed by atoms with E-state index in [1.807, 2.05) is 30.3 Å². The lowest BCUT2D eigenvalue weighted by molar-refractivity contribution is -0.131. The second-order valence-corrected chi connectivity index (χ2v) is 3.82. The quantitative estimate of drug-likeness (QED) is 0.824. The van der Waals surface area contributed by atoms with E-state index in [0.717, 1.165) is 0 Å². The SMILES string of the molecule is CC(Oc1ccccc1)C(=O)NC1COC1. The summed E-state index contributed by atoms with van der Waals surface area (Å²) in [4.78, 5) is 11.7. The lowest BCUT2D eigenvalue weighted by Crippen LogP contribution is -2.51. The van der Waals surface area contributed by atoms with E-state index >= 15 is 0 Å². The fourth-order valence-electron chi connectivity index (χ4n) is 1.39. The maximum Gasteiger partial charge on any atom is 0.261 e. The Morgan fingerprint density at radius 1 is 1.44 bits per heavy atom. The van der Waals surface area contributed by atoms with Crippen molar-refractivity contribution in [2.45, 2.75) is 19.1 Å². The summed E-state index contributed by atoms with van der Waals surface area (Å²) >= 11 is 0. The number of ether oxygens (including phenoxy) is 2. The van der Waals surface area contributed by atoms with E-state index in [-0.39, 0.29) is 11.9 Å². The normalized spacial score (nSPS) is 17.3. The third-order valence-electron chi connectivity index (χ3n) is 2.41. The van der Waals surface area contributed by atoms with E-state index in [0.29, 0.717) is 19.0 Å². The molecule has 4 nitrogen and oxygen atoms in total. The summed E-state index contributed by atoms with van der Waals surface area (Å²) in [5, 5.41) is 2.85. The van der Waals surface area contributed by atoms with Gasteiger partial charge in [-0.05, 0) is 19.1 Å². The van der Waals surface area contributed by atoms with Crippen LogP contribution in [0.15, 0.2) is 30.3 Å². The van der Waals surface area contributed by atoms with E-state index in [9.17, 15) is 4.79 Å². The molecule has 1 fully saturated rings. The smallest absolute Gasteiger partial charge is 0.261 e. The first kappa shape index (κ1) is 11.0. The molecular formula is C12H15NO3. The van der Waals surface area contributed by atoms with Gasteiger partial charge in [0.15, 0.2) is 6.10 Å². The average Bonchev–Trinajstić information content (AvgIpc) is 2.24. The van der Waals surface area contributed by atoms with E-state index in [4.69, 9.17) is 9.47 Å². The molecule has 1 aromatic rings. The van der Waals surface area contributed by atoms with Crippen LogP contribution in [0.3, 0.4) is 0 Å². The molecule has 1 aliphatic rings. The Labute approximate surface area is 94.6 Å².